The number of rotatable bonds is 5. The summed E-state index contributed by atoms with van der Waals surface area (Å²) in [5.41, 5.74) is 1.59. The fourth-order valence-electron chi connectivity index (χ4n) is 2.27. The Kier molecular flexibility index (Phi) is 5.30. The fraction of sp³-hybridized carbons (Fsp3) is 0.571. The first-order valence-corrected chi connectivity index (χ1v) is 6.32. The molecule has 1 atom stereocenters. The van der Waals surface area contributed by atoms with E-state index >= 15 is 0 Å². The highest BCUT2D eigenvalue weighted by molar-refractivity contribution is 5.92. The van der Waals surface area contributed by atoms with Crippen LogP contribution in [0, 0.1) is 13.8 Å². The predicted octanol–water partition coefficient (Wildman–Crippen LogP) is 1.85. The second-order valence-corrected chi connectivity index (χ2v) is 4.52. The number of carbonyl (C=O) groups is 1. The van der Waals surface area contributed by atoms with E-state index in [-0.39, 0.29) is 11.6 Å². The molecule has 0 aliphatic heterocycles. The maximum Gasteiger partial charge on any atom is 0.340 e. The molecule has 1 aromatic rings. The predicted molar refractivity (Wildman–Crippen MR) is 72.7 cm³/mol. The second-order valence-electron chi connectivity index (χ2n) is 4.52. The third-order valence-corrected chi connectivity index (χ3v) is 3.02. The van der Waals surface area contributed by atoms with Gasteiger partial charge in [-0.1, -0.05) is 0 Å². The lowest BCUT2D eigenvalue weighted by Gasteiger charge is -2.20. The Bertz CT molecular complexity index is 519. The standard InChI is InChI=1S/C14H21NO4/c1-6-19-14(17)13-9(2)7-12(16)15(11(13)4)10(3)8-18-5/h7,10H,6,8H2,1-5H3. The van der Waals surface area contributed by atoms with Crippen molar-refractivity contribution in [1.82, 2.24) is 4.57 Å². The highest BCUT2D eigenvalue weighted by Gasteiger charge is 2.20. The first-order valence-electron chi connectivity index (χ1n) is 6.32. The van der Waals surface area contributed by atoms with Gasteiger partial charge in [0.05, 0.1) is 24.8 Å². The van der Waals surface area contributed by atoms with Crippen LogP contribution < -0.4 is 5.56 Å². The van der Waals surface area contributed by atoms with Crippen molar-refractivity contribution in [3.63, 3.8) is 0 Å². The summed E-state index contributed by atoms with van der Waals surface area (Å²) in [7, 11) is 1.58. The molecule has 0 aromatic carbocycles. The molecule has 0 radical (unpaired) electrons. The molecule has 1 heterocycles. The maximum absolute atomic E-state index is 12.1. The molecule has 19 heavy (non-hydrogen) atoms. The van der Waals surface area contributed by atoms with Crippen molar-refractivity contribution in [1.29, 1.82) is 0 Å². The minimum Gasteiger partial charge on any atom is -0.462 e. The van der Waals surface area contributed by atoms with Crippen LogP contribution in [0.5, 0.6) is 0 Å². The van der Waals surface area contributed by atoms with E-state index in [0.717, 1.165) is 0 Å². The minimum absolute atomic E-state index is 0.132. The van der Waals surface area contributed by atoms with Gasteiger partial charge < -0.3 is 14.0 Å². The van der Waals surface area contributed by atoms with Crippen LogP contribution in [0.25, 0.3) is 0 Å². The van der Waals surface area contributed by atoms with E-state index in [1.165, 1.54) is 6.07 Å². The van der Waals surface area contributed by atoms with E-state index in [1.54, 1.807) is 32.4 Å². The molecule has 0 spiro atoms. The smallest absolute Gasteiger partial charge is 0.340 e. The van der Waals surface area contributed by atoms with Gasteiger partial charge in [0.25, 0.3) is 5.56 Å². The molecule has 1 rings (SSSR count). The molecule has 0 saturated heterocycles. The molecule has 1 aromatic heterocycles. The number of ether oxygens (including phenoxy) is 2. The van der Waals surface area contributed by atoms with Crippen LogP contribution in [0.2, 0.25) is 0 Å². The van der Waals surface area contributed by atoms with Crippen molar-refractivity contribution in [3.05, 3.63) is 33.2 Å². The fourth-order valence-corrected chi connectivity index (χ4v) is 2.27. The highest BCUT2D eigenvalue weighted by Crippen LogP contribution is 2.16. The zero-order valence-electron chi connectivity index (χ0n) is 12.1. The van der Waals surface area contributed by atoms with Crippen molar-refractivity contribution >= 4 is 5.97 Å². The van der Waals surface area contributed by atoms with Crippen LogP contribution >= 0.6 is 0 Å². The first kappa shape index (κ1) is 15.4. The van der Waals surface area contributed by atoms with E-state index in [9.17, 15) is 9.59 Å². The SMILES string of the molecule is CCOC(=O)c1c(C)cc(=O)n(C(C)COC)c1C. The van der Waals surface area contributed by atoms with Crippen LogP contribution in [0.15, 0.2) is 10.9 Å². The molecule has 0 N–H and O–H groups in total. The topological polar surface area (TPSA) is 57.5 Å². The Hall–Kier alpha value is -1.62. The second kappa shape index (κ2) is 6.52. The van der Waals surface area contributed by atoms with Gasteiger partial charge >= 0.3 is 5.97 Å². The van der Waals surface area contributed by atoms with E-state index in [2.05, 4.69) is 0 Å². The molecule has 0 aliphatic carbocycles. The lowest BCUT2D eigenvalue weighted by molar-refractivity contribution is 0.0522. The average molecular weight is 267 g/mol. The summed E-state index contributed by atoms with van der Waals surface area (Å²) in [6.45, 7) is 7.85. The quantitative estimate of drug-likeness (QED) is 0.764. The number of aryl methyl sites for hydroxylation is 1. The van der Waals surface area contributed by atoms with Crippen LogP contribution in [0.4, 0.5) is 0 Å². The summed E-state index contributed by atoms with van der Waals surface area (Å²) in [4.78, 5) is 24.0. The van der Waals surface area contributed by atoms with E-state index < -0.39 is 5.97 Å². The number of hydrogen-bond acceptors (Lipinski definition) is 4. The molecular weight excluding hydrogens is 246 g/mol. The van der Waals surface area contributed by atoms with Gasteiger partial charge in [-0.2, -0.15) is 0 Å². The summed E-state index contributed by atoms with van der Waals surface area (Å²) in [6, 6.07) is 1.33. The van der Waals surface area contributed by atoms with Crippen molar-refractivity contribution in [2.75, 3.05) is 20.3 Å². The third-order valence-electron chi connectivity index (χ3n) is 3.02. The number of carbonyl (C=O) groups excluding carboxylic acids is 1. The van der Waals surface area contributed by atoms with Crippen LogP contribution in [-0.4, -0.2) is 30.9 Å². The number of hydrogen-bond donors (Lipinski definition) is 0. The number of esters is 1. The molecule has 106 valence electrons. The van der Waals surface area contributed by atoms with Crippen molar-refractivity contribution in [2.24, 2.45) is 0 Å². The molecule has 5 nitrogen and oxygen atoms in total. The monoisotopic (exact) mass is 267 g/mol. The molecule has 0 amide bonds. The van der Waals surface area contributed by atoms with Crippen molar-refractivity contribution in [3.8, 4) is 0 Å². The molecule has 0 bridgehead atoms. The summed E-state index contributed by atoms with van der Waals surface area (Å²) in [5, 5.41) is 0. The van der Waals surface area contributed by atoms with Gasteiger partial charge in [-0.05, 0) is 33.3 Å². The van der Waals surface area contributed by atoms with Crippen LogP contribution in [0.1, 0.15) is 41.5 Å². The van der Waals surface area contributed by atoms with E-state index in [4.69, 9.17) is 9.47 Å². The Balaban J connectivity index is 3.38. The summed E-state index contributed by atoms with van der Waals surface area (Å²) >= 11 is 0. The summed E-state index contributed by atoms with van der Waals surface area (Å²) in [5.74, 6) is -0.393. The van der Waals surface area contributed by atoms with Crippen molar-refractivity contribution in [2.45, 2.75) is 33.7 Å². The number of methoxy groups -OCH3 is 1. The largest absolute Gasteiger partial charge is 0.462 e. The van der Waals surface area contributed by atoms with Gasteiger partial charge in [-0.25, -0.2) is 4.79 Å². The molecular formula is C14H21NO4. The maximum atomic E-state index is 12.1. The first-order chi connectivity index (χ1) is 8.93. The van der Waals surface area contributed by atoms with E-state index in [1.807, 2.05) is 6.92 Å². The van der Waals surface area contributed by atoms with Crippen LogP contribution in [0.3, 0.4) is 0 Å². The molecule has 0 fully saturated rings. The number of pyridine rings is 1. The van der Waals surface area contributed by atoms with Crippen molar-refractivity contribution < 1.29 is 14.3 Å². The van der Waals surface area contributed by atoms with Gasteiger partial charge in [0, 0.05) is 18.9 Å². The van der Waals surface area contributed by atoms with Gasteiger partial charge in [0.2, 0.25) is 0 Å². The Morgan fingerprint density at radius 1 is 1.42 bits per heavy atom. The summed E-state index contributed by atoms with van der Waals surface area (Å²) in [6.07, 6.45) is 0. The average Bonchev–Trinajstić information content (AvgIpc) is 2.28. The molecule has 1 unspecified atom stereocenters. The minimum atomic E-state index is -0.393. The lowest BCUT2D eigenvalue weighted by Crippen LogP contribution is -2.30. The Labute approximate surface area is 113 Å². The molecule has 0 saturated carbocycles. The zero-order valence-corrected chi connectivity index (χ0v) is 12.1. The van der Waals surface area contributed by atoms with Gasteiger partial charge in [-0.15, -0.1) is 0 Å². The summed E-state index contributed by atoms with van der Waals surface area (Å²) < 4.78 is 11.7. The van der Waals surface area contributed by atoms with Gasteiger partial charge in [0.15, 0.2) is 0 Å². The Morgan fingerprint density at radius 3 is 2.58 bits per heavy atom. The zero-order chi connectivity index (χ0) is 14.6. The molecule has 0 aliphatic rings. The highest BCUT2D eigenvalue weighted by atomic mass is 16.5. The lowest BCUT2D eigenvalue weighted by atomic mass is 10.1. The van der Waals surface area contributed by atoms with Crippen LogP contribution in [-0.2, 0) is 9.47 Å². The number of aromatic nitrogens is 1. The molecule has 5 heteroatoms. The third kappa shape index (κ3) is 3.23. The van der Waals surface area contributed by atoms with Gasteiger partial charge in [0.1, 0.15) is 0 Å². The van der Waals surface area contributed by atoms with E-state index in [0.29, 0.717) is 30.0 Å². The normalized spacial score (nSPS) is 12.3. The van der Waals surface area contributed by atoms with Gasteiger partial charge in [-0.3, -0.25) is 4.79 Å². The Morgan fingerprint density at radius 2 is 2.05 bits per heavy atom. The number of nitrogens with zero attached hydrogens (tertiary/aromatic N) is 1.